The zero-order valence-electron chi connectivity index (χ0n) is 11.5. The molecule has 0 atom stereocenters. The van der Waals surface area contributed by atoms with E-state index in [1.165, 1.54) is 15.9 Å². The molecule has 21 heavy (non-hydrogen) atoms. The van der Waals surface area contributed by atoms with Crippen LogP contribution in [-0.2, 0) is 11.3 Å². The number of aliphatic carboxylic acids is 1. The lowest BCUT2D eigenvalue weighted by atomic mass is 10.1. The van der Waals surface area contributed by atoms with Crippen LogP contribution < -0.4 is 5.56 Å². The summed E-state index contributed by atoms with van der Waals surface area (Å²) in [4.78, 5) is 23.5. The van der Waals surface area contributed by atoms with Crippen molar-refractivity contribution in [3.8, 4) is 10.4 Å². The van der Waals surface area contributed by atoms with Gasteiger partial charge >= 0.3 is 5.97 Å². The normalized spacial score (nSPS) is 10.5. The van der Waals surface area contributed by atoms with E-state index >= 15 is 0 Å². The first-order chi connectivity index (χ1) is 9.97. The van der Waals surface area contributed by atoms with Crippen LogP contribution in [0.4, 0.5) is 0 Å². The third kappa shape index (κ3) is 4.09. The second-order valence-electron chi connectivity index (χ2n) is 4.73. The Labute approximate surface area is 131 Å². The van der Waals surface area contributed by atoms with Gasteiger partial charge < -0.3 is 5.11 Å². The monoisotopic (exact) mass is 321 g/mol. The summed E-state index contributed by atoms with van der Waals surface area (Å²) >= 11 is 6.63. The molecule has 0 aliphatic rings. The van der Waals surface area contributed by atoms with Gasteiger partial charge in [0.2, 0.25) is 0 Å². The van der Waals surface area contributed by atoms with Crippen molar-refractivity contribution in [1.82, 2.24) is 4.57 Å². The maximum atomic E-state index is 12.1. The number of hydrogen-bond acceptors (Lipinski definition) is 4. The van der Waals surface area contributed by atoms with Gasteiger partial charge in [-0.05, 0) is 31.1 Å². The Hall–Kier alpha value is -1.79. The maximum absolute atomic E-state index is 12.1. The van der Waals surface area contributed by atoms with Gasteiger partial charge in [-0.25, -0.2) is 0 Å². The van der Waals surface area contributed by atoms with Crippen molar-refractivity contribution in [2.75, 3.05) is 0 Å². The van der Waals surface area contributed by atoms with Gasteiger partial charge in [-0.2, -0.15) is 0 Å². The number of carboxylic acids is 1. The number of rotatable bonds is 5. The number of carboxylic acid groups (broad SMARTS) is 1. The first kappa shape index (κ1) is 15.6. The molecule has 0 bridgehead atoms. The predicted octanol–water partition coefficient (Wildman–Crippen LogP) is 3.48. The van der Waals surface area contributed by atoms with Crippen LogP contribution in [0.1, 0.15) is 18.4 Å². The van der Waals surface area contributed by atoms with E-state index < -0.39 is 5.97 Å². The van der Waals surface area contributed by atoms with Gasteiger partial charge in [-0.3, -0.25) is 14.2 Å². The summed E-state index contributed by atoms with van der Waals surface area (Å²) in [6, 6.07) is 9.47. The van der Waals surface area contributed by atoms with E-state index in [0.29, 0.717) is 16.9 Å². The second kappa shape index (κ2) is 6.78. The van der Waals surface area contributed by atoms with E-state index in [4.69, 9.17) is 17.3 Å². The minimum atomic E-state index is -0.867. The zero-order valence-corrected chi connectivity index (χ0v) is 13.2. The summed E-state index contributed by atoms with van der Waals surface area (Å²) in [5, 5.41) is 8.63. The topological polar surface area (TPSA) is 59.3 Å². The standard InChI is InChI=1S/C15H15NO3S2/c1-10-4-6-11(7-5-10)12-9-13(17)16(15(20)21-12)8-2-3-14(18)19/h4-7,9H,2-3,8H2,1H3,(H,18,19). The Kier molecular flexibility index (Phi) is 5.03. The number of nitrogens with zero attached hydrogens (tertiary/aromatic N) is 1. The van der Waals surface area contributed by atoms with Gasteiger partial charge in [0, 0.05) is 23.9 Å². The Balaban J connectivity index is 2.29. The molecule has 0 saturated heterocycles. The minimum absolute atomic E-state index is 0.0333. The van der Waals surface area contributed by atoms with Crippen LogP contribution in [0.3, 0.4) is 0 Å². The average molecular weight is 321 g/mol. The third-order valence-electron chi connectivity index (χ3n) is 3.05. The predicted molar refractivity (Wildman–Crippen MR) is 86.5 cm³/mol. The van der Waals surface area contributed by atoms with Crippen molar-refractivity contribution < 1.29 is 9.90 Å². The number of hydrogen-bond donors (Lipinski definition) is 1. The molecule has 0 aliphatic carbocycles. The van der Waals surface area contributed by atoms with Crippen molar-refractivity contribution in [2.24, 2.45) is 0 Å². The summed E-state index contributed by atoms with van der Waals surface area (Å²) in [5.74, 6) is -0.867. The van der Waals surface area contributed by atoms with E-state index in [0.717, 1.165) is 16.0 Å². The fourth-order valence-electron chi connectivity index (χ4n) is 1.91. The highest BCUT2D eigenvalue weighted by Gasteiger charge is 2.06. The van der Waals surface area contributed by atoms with E-state index in [-0.39, 0.29) is 12.0 Å². The van der Waals surface area contributed by atoms with Crippen LogP contribution in [0.2, 0.25) is 0 Å². The lowest BCUT2D eigenvalue weighted by Crippen LogP contribution is -2.19. The molecule has 1 aromatic carbocycles. The number of aryl methyl sites for hydroxylation is 1. The average Bonchev–Trinajstić information content (AvgIpc) is 2.42. The molecule has 0 unspecified atom stereocenters. The molecular weight excluding hydrogens is 306 g/mol. The first-order valence-corrected chi connectivity index (χ1v) is 7.73. The quantitative estimate of drug-likeness (QED) is 0.857. The molecule has 0 spiro atoms. The fourth-order valence-corrected chi connectivity index (χ4v) is 3.25. The molecule has 2 rings (SSSR count). The van der Waals surface area contributed by atoms with Gasteiger partial charge in [-0.15, -0.1) is 11.3 Å². The van der Waals surface area contributed by atoms with Crippen molar-refractivity contribution in [2.45, 2.75) is 26.3 Å². The Morgan fingerprint density at radius 2 is 2.00 bits per heavy atom. The van der Waals surface area contributed by atoms with E-state index in [1.54, 1.807) is 6.07 Å². The van der Waals surface area contributed by atoms with Crippen LogP contribution in [0, 0.1) is 10.9 Å². The third-order valence-corrected chi connectivity index (χ3v) is 4.49. The van der Waals surface area contributed by atoms with E-state index in [2.05, 4.69) is 0 Å². The van der Waals surface area contributed by atoms with Gasteiger partial charge in [0.05, 0.1) is 0 Å². The SMILES string of the molecule is Cc1ccc(-c2cc(=O)n(CCCC(=O)O)c(=S)s2)cc1. The van der Waals surface area contributed by atoms with Crippen LogP contribution >= 0.6 is 23.6 Å². The van der Waals surface area contributed by atoms with Crippen molar-refractivity contribution in [1.29, 1.82) is 0 Å². The van der Waals surface area contributed by atoms with Crippen molar-refractivity contribution >= 4 is 29.5 Å². The highest BCUT2D eigenvalue weighted by atomic mass is 32.1. The summed E-state index contributed by atoms with van der Waals surface area (Å²) in [5.41, 5.74) is 1.94. The number of aromatic nitrogens is 1. The van der Waals surface area contributed by atoms with Crippen LogP contribution in [0.5, 0.6) is 0 Å². The highest BCUT2D eigenvalue weighted by Crippen LogP contribution is 2.23. The van der Waals surface area contributed by atoms with Crippen LogP contribution in [0.15, 0.2) is 35.1 Å². The molecule has 1 N–H and O–H groups in total. The molecule has 6 heteroatoms. The van der Waals surface area contributed by atoms with E-state index in [1.807, 2.05) is 31.2 Å². The van der Waals surface area contributed by atoms with Gasteiger partial charge in [0.25, 0.3) is 5.56 Å². The Morgan fingerprint density at radius 1 is 1.33 bits per heavy atom. The first-order valence-electron chi connectivity index (χ1n) is 6.51. The molecule has 0 amide bonds. The molecule has 1 aromatic heterocycles. The number of carbonyl (C=O) groups is 1. The molecule has 110 valence electrons. The summed E-state index contributed by atoms with van der Waals surface area (Å²) in [6.45, 7) is 2.35. The molecule has 0 fully saturated rings. The largest absolute Gasteiger partial charge is 0.481 e. The molecular formula is C15H15NO3S2. The minimum Gasteiger partial charge on any atom is -0.481 e. The summed E-state index contributed by atoms with van der Waals surface area (Å²) in [6.07, 6.45) is 0.432. The molecule has 4 nitrogen and oxygen atoms in total. The van der Waals surface area contributed by atoms with Crippen LogP contribution in [-0.4, -0.2) is 15.6 Å². The van der Waals surface area contributed by atoms with Crippen LogP contribution in [0.25, 0.3) is 10.4 Å². The molecule has 0 saturated carbocycles. The maximum Gasteiger partial charge on any atom is 0.303 e. The van der Waals surface area contributed by atoms with Gasteiger partial charge in [-0.1, -0.05) is 29.8 Å². The Morgan fingerprint density at radius 3 is 2.57 bits per heavy atom. The number of benzene rings is 1. The van der Waals surface area contributed by atoms with Crippen molar-refractivity contribution in [3.63, 3.8) is 0 Å². The second-order valence-corrected chi connectivity index (χ2v) is 6.41. The van der Waals surface area contributed by atoms with Gasteiger partial charge in [0.15, 0.2) is 3.95 Å². The highest BCUT2D eigenvalue weighted by molar-refractivity contribution is 7.73. The lowest BCUT2D eigenvalue weighted by Gasteiger charge is -2.06. The van der Waals surface area contributed by atoms with Gasteiger partial charge in [0.1, 0.15) is 0 Å². The summed E-state index contributed by atoms with van der Waals surface area (Å²) < 4.78 is 1.93. The summed E-state index contributed by atoms with van der Waals surface area (Å²) in [7, 11) is 0. The molecule has 2 aromatic rings. The smallest absolute Gasteiger partial charge is 0.303 e. The molecule has 1 heterocycles. The molecule has 0 aliphatic heterocycles. The molecule has 0 radical (unpaired) electrons. The van der Waals surface area contributed by atoms with Crippen molar-refractivity contribution in [3.05, 3.63) is 50.2 Å². The van der Waals surface area contributed by atoms with E-state index in [9.17, 15) is 9.59 Å². The lowest BCUT2D eigenvalue weighted by molar-refractivity contribution is -0.137. The Bertz CT molecular complexity index is 728. The fraction of sp³-hybridized carbons (Fsp3) is 0.267. The zero-order chi connectivity index (χ0) is 15.4.